The summed E-state index contributed by atoms with van der Waals surface area (Å²) in [5, 5.41) is 0. The van der Waals surface area contributed by atoms with Crippen molar-refractivity contribution < 1.29 is 0 Å². The molecule has 2 atom stereocenters. The molecule has 0 aliphatic carbocycles. The first kappa shape index (κ1) is 12.4. The summed E-state index contributed by atoms with van der Waals surface area (Å²) < 4.78 is 0.929. The summed E-state index contributed by atoms with van der Waals surface area (Å²) in [5.41, 5.74) is 0. The van der Waals surface area contributed by atoms with Crippen LogP contribution in [0.2, 0.25) is 0 Å². The number of halogens is 1. The van der Waals surface area contributed by atoms with Crippen molar-refractivity contribution >= 4 is 21.7 Å². The molecule has 0 amide bonds. The molecule has 0 radical (unpaired) electrons. The molecular weight excluding hydrogens is 290 g/mol. The van der Waals surface area contributed by atoms with E-state index in [4.69, 9.17) is 0 Å². The van der Waals surface area contributed by atoms with Gasteiger partial charge in [0.1, 0.15) is 10.4 Å². The fourth-order valence-electron chi connectivity index (χ4n) is 3.23. The molecule has 2 aliphatic rings. The largest absolute Gasteiger partial charge is 0.351 e. The van der Waals surface area contributed by atoms with E-state index in [2.05, 4.69) is 49.8 Å². The Balaban J connectivity index is 1.80. The highest BCUT2D eigenvalue weighted by Gasteiger charge is 2.33. The Labute approximate surface area is 117 Å². The van der Waals surface area contributed by atoms with E-state index in [1.54, 1.807) is 0 Å². The average Bonchev–Trinajstić information content (AvgIpc) is 2.38. The van der Waals surface area contributed by atoms with Crippen molar-refractivity contribution in [2.45, 2.75) is 38.3 Å². The van der Waals surface area contributed by atoms with Gasteiger partial charge in [0.25, 0.3) is 0 Å². The van der Waals surface area contributed by atoms with Crippen LogP contribution in [-0.2, 0) is 0 Å². The molecule has 1 aromatic rings. The number of nitrogens with zero attached hydrogens (tertiary/aromatic N) is 3. The second-order valence-electron chi connectivity index (χ2n) is 5.46. The standard InChI is InChI=1S/C14H20BrN3/c1-11-9-17-8-3-2-5-12(17)10-18(11)14-7-4-6-13(15)16-14/h4,6-7,11-12H,2-3,5,8-10H2,1H3. The molecule has 2 unspecified atom stereocenters. The fraction of sp³-hybridized carbons (Fsp3) is 0.643. The molecule has 18 heavy (non-hydrogen) atoms. The number of pyridine rings is 1. The van der Waals surface area contributed by atoms with Gasteiger partial charge in [-0.15, -0.1) is 0 Å². The van der Waals surface area contributed by atoms with E-state index in [0.29, 0.717) is 6.04 Å². The summed E-state index contributed by atoms with van der Waals surface area (Å²) in [7, 11) is 0. The quantitative estimate of drug-likeness (QED) is 0.744. The number of hydrogen-bond acceptors (Lipinski definition) is 3. The minimum absolute atomic E-state index is 0.557. The van der Waals surface area contributed by atoms with E-state index in [1.165, 1.54) is 32.4 Å². The highest BCUT2D eigenvalue weighted by Crippen LogP contribution is 2.27. The van der Waals surface area contributed by atoms with E-state index in [0.717, 1.165) is 23.0 Å². The molecule has 2 saturated heterocycles. The first-order valence-corrected chi connectivity index (χ1v) is 7.66. The average molecular weight is 310 g/mol. The predicted octanol–water partition coefficient (Wildman–Crippen LogP) is 2.91. The number of piperidine rings is 1. The molecule has 0 N–H and O–H groups in total. The number of anilines is 1. The molecule has 3 nitrogen and oxygen atoms in total. The maximum absolute atomic E-state index is 4.61. The lowest BCUT2D eigenvalue weighted by molar-refractivity contribution is 0.115. The summed E-state index contributed by atoms with van der Waals surface area (Å²) in [6.45, 7) is 5.91. The number of aromatic nitrogens is 1. The molecule has 0 spiro atoms. The second-order valence-corrected chi connectivity index (χ2v) is 6.28. The first-order chi connectivity index (χ1) is 8.74. The van der Waals surface area contributed by atoms with E-state index < -0.39 is 0 Å². The summed E-state index contributed by atoms with van der Waals surface area (Å²) in [6, 6.07) is 7.48. The van der Waals surface area contributed by atoms with Gasteiger partial charge in [-0.2, -0.15) is 0 Å². The van der Waals surface area contributed by atoms with Gasteiger partial charge in [0.05, 0.1) is 0 Å². The molecule has 4 heteroatoms. The topological polar surface area (TPSA) is 19.4 Å². The van der Waals surface area contributed by atoms with Crippen LogP contribution in [0.5, 0.6) is 0 Å². The van der Waals surface area contributed by atoms with Gasteiger partial charge in [-0.1, -0.05) is 12.5 Å². The number of piperazine rings is 1. The van der Waals surface area contributed by atoms with Crippen LogP contribution in [0.3, 0.4) is 0 Å². The van der Waals surface area contributed by atoms with Crippen LogP contribution in [0, 0.1) is 0 Å². The van der Waals surface area contributed by atoms with Crippen molar-refractivity contribution in [3.63, 3.8) is 0 Å². The molecule has 98 valence electrons. The lowest BCUT2D eigenvalue weighted by Crippen LogP contribution is -2.59. The van der Waals surface area contributed by atoms with Crippen LogP contribution in [0.25, 0.3) is 0 Å². The Kier molecular flexibility index (Phi) is 3.57. The molecule has 2 fully saturated rings. The van der Waals surface area contributed by atoms with Crippen molar-refractivity contribution in [2.24, 2.45) is 0 Å². The zero-order valence-electron chi connectivity index (χ0n) is 10.8. The molecule has 1 aromatic heterocycles. The molecule has 3 heterocycles. The van der Waals surface area contributed by atoms with Crippen LogP contribution >= 0.6 is 15.9 Å². The molecule has 3 rings (SSSR count). The van der Waals surface area contributed by atoms with Crippen LogP contribution < -0.4 is 4.90 Å². The zero-order valence-corrected chi connectivity index (χ0v) is 12.4. The van der Waals surface area contributed by atoms with Gasteiger partial charge in [-0.05, 0) is 54.4 Å². The summed E-state index contributed by atoms with van der Waals surface area (Å²) in [5.74, 6) is 1.11. The summed E-state index contributed by atoms with van der Waals surface area (Å²) in [6.07, 6.45) is 4.10. The first-order valence-electron chi connectivity index (χ1n) is 6.87. The highest BCUT2D eigenvalue weighted by molar-refractivity contribution is 9.10. The molecule has 2 aliphatic heterocycles. The van der Waals surface area contributed by atoms with Crippen molar-refractivity contribution in [3.8, 4) is 0 Å². The highest BCUT2D eigenvalue weighted by atomic mass is 79.9. The van der Waals surface area contributed by atoms with Crippen LogP contribution in [0.1, 0.15) is 26.2 Å². The predicted molar refractivity (Wildman–Crippen MR) is 78.0 cm³/mol. The fourth-order valence-corrected chi connectivity index (χ4v) is 3.56. The third kappa shape index (κ3) is 2.41. The van der Waals surface area contributed by atoms with Gasteiger partial charge in [0, 0.05) is 25.2 Å². The maximum Gasteiger partial charge on any atom is 0.130 e. The van der Waals surface area contributed by atoms with E-state index in [-0.39, 0.29) is 0 Å². The number of rotatable bonds is 1. The van der Waals surface area contributed by atoms with Gasteiger partial charge in [-0.25, -0.2) is 4.98 Å². The lowest BCUT2D eigenvalue weighted by atomic mass is 9.97. The Morgan fingerprint density at radius 2 is 2.17 bits per heavy atom. The SMILES string of the molecule is CC1CN2CCCCC2CN1c1cccc(Br)n1. The van der Waals surface area contributed by atoms with E-state index >= 15 is 0 Å². The van der Waals surface area contributed by atoms with E-state index in [9.17, 15) is 0 Å². The number of hydrogen-bond donors (Lipinski definition) is 0. The summed E-state index contributed by atoms with van der Waals surface area (Å²) in [4.78, 5) is 9.75. The Bertz CT molecular complexity index is 423. The molecule has 0 saturated carbocycles. The second kappa shape index (κ2) is 5.17. The van der Waals surface area contributed by atoms with Gasteiger partial charge < -0.3 is 4.90 Å². The third-order valence-electron chi connectivity index (χ3n) is 4.18. The van der Waals surface area contributed by atoms with Crippen LogP contribution in [0.4, 0.5) is 5.82 Å². The van der Waals surface area contributed by atoms with Crippen molar-refractivity contribution in [1.29, 1.82) is 0 Å². The van der Waals surface area contributed by atoms with Crippen molar-refractivity contribution in [3.05, 3.63) is 22.8 Å². The Morgan fingerprint density at radius 3 is 3.00 bits per heavy atom. The minimum atomic E-state index is 0.557. The van der Waals surface area contributed by atoms with Crippen LogP contribution in [0.15, 0.2) is 22.8 Å². The van der Waals surface area contributed by atoms with Gasteiger partial charge in [-0.3, -0.25) is 4.90 Å². The van der Waals surface area contributed by atoms with Gasteiger partial charge >= 0.3 is 0 Å². The van der Waals surface area contributed by atoms with Crippen LogP contribution in [-0.4, -0.2) is 41.6 Å². The van der Waals surface area contributed by atoms with Gasteiger partial charge in [0.2, 0.25) is 0 Å². The monoisotopic (exact) mass is 309 g/mol. The minimum Gasteiger partial charge on any atom is -0.351 e. The Hall–Kier alpha value is -0.610. The van der Waals surface area contributed by atoms with Crippen molar-refractivity contribution in [2.75, 3.05) is 24.5 Å². The smallest absolute Gasteiger partial charge is 0.130 e. The Morgan fingerprint density at radius 1 is 1.28 bits per heavy atom. The zero-order chi connectivity index (χ0) is 12.5. The van der Waals surface area contributed by atoms with Gasteiger partial charge in [0.15, 0.2) is 0 Å². The normalized spacial score (nSPS) is 29.1. The molecular formula is C14H20BrN3. The third-order valence-corrected chi connectivity index (χ3v) is 4.62. The molecule has 0 aromatic carbocycles. The number of fused-ring (bicyclic) bond motifs is 1. The van der Waals surface area contributed by atoms with E-state index in [1.807, 2.05) is 6.07 Å². The lowest BCUT2D eigenvalue weighted by Gasteiger charge is -2.48. The molecule has 0 bridgehead atoms. The maximum atomic E-state index is 4.61. The summed E-state index contributed by atoms with van der Waals surface area (Å²) >= 11 is 3.47. The van der Waals surface area contributed by atoms with Crippen molar-refractivity contribution in [1.82, 2.24) is 9.88 Å².